The number of hydrogen-bond donors (Lipinski definition) is 1. The molecule has 0 aromatic carbocycles. The summed E-state index contributed by atoms with van der Waals surface area (Å²) < 4.78 is 5.42. The Morgan fingerprint density at radius 2 is 1.95 bits per heavy atom. The van der Waals surface area contributed by atoms with E-state index < -0.39 is 0 Å². The fourth-order valence-electron chi connectivity index (χ4n) is 4.23. The maximum absolute atomic E-state index is 13.0. The highest BCUT2D eigenvalue weighted by Crippen LogP contribution is 2.40. The number of carbonyl (C=O) groups is 1. The summed E-state index contributed by atoms with van der Waals surface area (Å²) in [6.07, 6.45) is 7.95. The SMILES string of the molecule is NCC1(C(=O)N2CCC3CCCCC32)CCOCC1. The average molecular weight is 266 g/mol. The molecule has 2 aliphatic heterocycles. The van der Waals surface area contributed by atoms with Crippen LogP contribution in [0.1, 0.15) is 44.9 Å². The monoisotopic (exact) mass is 266 g/mol. The molecule has 0 aromatic heterocycles. The number of amides is 1. The minimum atomic E-state index is -0.329. The average Bonchev–Trinajstić information content (AvgIpc) is 2.91. The third-order valence-electron chi connectivity index (χ3n) is 5.57. The first-order chi connectivity index (χ1) is 9.27. The zero-order valence-corrected chi connectivity index (χ0v) is 11.8. The van der Waals surface area contributed by atoms with Crippen LogP contribution in [0.15, 0.2) is 0 Å². The molecule has 1 saturated carbocycles. The van der Waals surface area contributed by atoms with Crippen molar-refractivity contribution in [2.24, 2.45) is 17.1 Å². The third-order valence-corrected chi connectivity index (χ3v) is 5.57. The van der Waals surface area contributed by atoms with Crippen LogP contribution < -0.4 is 5.73 Å². The van der Waals surface area contributed by atoms with Gasteiger partial charge in [0.05, 0.1) is 5.41 Å². The second-order valence-electron chi connectivity index (χ2n) is 6.50. The molecule has 2 saturated heterocycles. The summed E-state index contributed by atoms with van der Waals surface area (Å²) >= 11 is 0. The maximum atomic E-state index is 13.0. The van der Waals surface area contributed by atoms with Gasteiger partial charge in [0.2, 0.25) is 5.91 Å². The molecule has 1 aliphatic carbocycles. The van der Waals surface area contributed by atoms with Gasteiger partial charge >= 0.3 is 0 Å². The Morgan fingerprint density at radius 3 is 2.68 bits per heavy atom. The number of nitrogens with zero attached hydrogens (tertiary/aromatic N) is 1. The van der Waals surface area contributed by atoms with Crippen molar-refractivity contribution in [3.8, 4) is 0 Å². The molecule has 0 spiro atoms. The quantitative estimate of drug-likeness (QED) is 0.824. The van der Waals surface area contributed by atoms with Crippen molar-refractivity contribution in [2.75, 3.05) is 26.3 Å². The van der Waals surface area contributed by atoms with Gasteiger partial charge in [-0.05, 0) is 38.0 Å². The first kappa shape index (κ1) is 13.4. The van der Waals surface area contributed by atoms with Gasteiger partial charge in [0.25, 0.3) is 0 Å². The highest BCUT2D eigenvalue weighted by atomic mass is 16.5. The zero-order chi connectivity index (χ0) is 13.3. The molecule has 3 aliphatic rings. The Bertz CT molecular complexity index is 339. The largest absolute Gasteiger partial charge is 0.381 e. The first-order valence-corrected chi connectivity index (χ1v) is 7.86. The predicted octanol–water partition coefficient (Wildman–Crippen LogP) is 1.53. The summed E-state index contributed by atoms with van der Waals surface area (Å²) in [4.78, 5) is 15.2. The Morgan fingerprint density at radius 1 is 1.21 bits per heavy atom. The van der Waals surface area contributed by atoms with Gasteiger partial charge in [-0.3, -0.25) is 4.79 Å². The summed E-state index contributed by atoms with van der Waals surface area (Å²) in [5, 5.41) is 0. The van der Waals surface area contributed by atoms with E-state index in [2.05, 4.69) is 4.90 Å². The fraction of sp³-hybridized carbons (Fsp3) is 0.933. The topological polar surface area (TPSA) is 55.6 Å². The summed E-state index contributed by atoms with van der Waals surface area (Å²) in [5.74, 6) is 1.08. The lowest BCUT2D eigenvalue weighted by Gasteiger charge is -2.41. The first-order valence-electron chi connectivity index (χ1n) is 7.86. The lowest BCUT2D eigenvalue weighted by atomic mass is 9.78. The lowest BCUT2D eigenvalue weighted by molar-refractivity contribution is -0.148. The third kappa shape index (κ3) is 2.29. The minimum absolute atomic E-state index is 0.327. The number of rotatable bonds is 2. The highest BCUT2D eigenvalue weighted by Gasteiger charge is 2.46. The van der Waals surface area contributed by atoms with Gasteiger partial charge in [0.15, 0.2) is 0 Å². The molecule has 4 nitrogen and oxygen atoms in total. The Kier molecular flexibility index (Phi) is 3.81. The van der Waals surface area contributed by atoms with Crippen molar-refractivity contribution in [3.63, 3.8) is 0 Å². The van der Waals surface area contributed by atoms with E-state index in [-0.39, 0.29) is 5.41 Å². The second-order valence-corrected chi connectivity index (χ2v) is 6.50. The minimum Gasteiger partial charge on any atom is -0.381 e. The van der Waals surface area contributed by atoms with Crippen molar-refractivity contribution in [1.82, 2.24) is 4.90 Å². The van der Waals surface area contributed by atoms with Crippen LogP contribution in [0.3, 0.4) is 0 Å². The fourth-order valence-corrected chi connectivity index (χ4v) is 4.23. The molecule has 0 aromatic rings. The van der Waals surface area contributed by atoms with Crippen molar-refractivity contribution >= 4 is 5.91 Å². The molecule has 0 bridgehead atoms. The molecule has 3 rings (SSSR count). The molecule has 2 heterocycles. The number of fused-ring (bicyclic) bond motifs is 1. The molecule has 4 heteroatoms. The normalized spacial score (nSPS) is 34.1. The van der Waals surface area contributed by atoms with E-state index >= 15 is 0 Å². The van der Waals surface area contributed by atoms with Gasteiger partial charge in [0.1, 0.15) is 0 Å². The molecule has 2 atom stereocenters. The van der Waals surface area contributed by atoms with Crippen molar-refractivity contribution < 1.29 is 9.53 Å². The smallest absolute Gasteiger partial charge is 0.230 e. The molecule has 108 valence electrons. The van der Waals surface area contributed by atoms with Crippen molar-refractivity contribution in [2.45, 2.75) is 51.0 Å². The summed E-state index contributed by atoms with van der Waals surface area (Å²) in [6.45, 7) is 2.80. The van der Waals surface area contributed by atoms with Crippen molar-refractivity contribution in [3.05, 3.63) is 0 Å². The second kappa shape index (κ2) is 5.41. The standard InChI is InChI=1S/C15H26N2O2/c16-11-15(6-9-19-10-7-15)14(18)17-8-5-12-3-1-2-4-13(12)17/h12-13H,1-11,16H2. The predicted molar refractivity (Wildman–Crippen MR) is 73.6 cm³/mol. The van der Waals surface area contributed by atoms with Gasteiger partial charge in [-0.2, -0.15) is 0 Å². The van der Waals surface area contributed by atoms with E-state index in [0.717, 1.165) is 25.3 Å². The van der Waals surface area contributed by atoms with Crippen LogP contribution in [0.4, 0.5) is 0 Å². The Labute approximate surface area is 115 Å². The molecule has 3 fully saturated rings. The number of ether oxygens (including phenoxy) is 1. The van der Waals surface area contributed by atoms with Gasteiger partial charge < -0.3 is 15.4 Å². The number of hydrogen-bond acceptors (Lipinski definition) is 3. The van der Waals surface area contributed by atoms with E-state index in [1.54, 1.807) is 0 Å². The zero-order valence-electron chi connectivity index (χ0n) is 11.8. The van der Waals surface area contributed by atoms with Crippen LogP contribution in [0, 0.1) is 11.3 Å². The van der Waals surface area contributed by atoms with Gasteiger partial charge in [-0.15, -0.1) is 0 Å². The molecule has 2 unspecified atom stereocenters. The summed E-state index contributed by atoms with van der Waals surface area (Å²) in [6, 6.07) is 0.507. The Hall–Kier alpha value is -0.610. The lowest BCUT2D eigenvalue weighted by Crippen LogP contribution is -2.53. The molecule has 19 heavy (non-hydrogen) atoms. The molecular weight excluding hydrogens is 240 g/mol. The number of carbonyl (C=O) groups excluding carboxylic acids is 1. The summed E-state index contributed by atoms with van der Waals surface area (Å²) in [5.41, 5.74) is 5.64. The van der Waals surface area contributed by atoms with Crippen LogP contribution >= 0.6 is 0 Å². The van der Waals surface area contributed by atoms with E-state index in [4.69, 9.17) is 10.5 Å². The molecule has 0 radical (unpaired) electrons. The maximum Gasteiger partial charge on any atom is 0.230 e. The van der Waals surface area contributed by atoms with Crippen LogP contribution in [0.25, 0.3) is 0 Å². The summed E-state index contributed by atoms with van der Waals surface area (Å²) in [7, 11) is 0. The van der Waals surface area contributed by atoms with Crippen LogP contribution in [-0.2, 0) is 9.53 Å². The van der Waals surface area contributed by atoms with Crippen LogP contribution in [-0.4, -0.2) is 43.2 Å². The van der Waals surface area contributed by atoms with E-state index in [1.807, 2.05) is 0 Å². The number of nitrogens with two attached hydrogens (primary N) is 1. The molecule has 2 N–H and O–H groups in total. The van der Waals surface area contributed by atoms with E-state index in [9.17, 15) is 4.79 Å². The van der Waals surface area contributed by atoms with E-state index in [1.165, 1.54) is 32.1 Å². The van der Waals surface area contributed by atoms with Gasteiger partial charge in [0, 0.05) is 32.3 Å². The van der Waals surface area contributed by atoms with Gasteiger partial charge in [-0.25, -0.2) is 0 Å². The highest BCUT2D eigenvalue weighted by molar-refractivity contribution is 5.83. The van der Waals surface area contributed by atoms with Crippen LogP contribution in [0.5, 0.6) is 0 Å². The van der Waals surface area contributed by atoms with Gasteiger partial charge in [-0.1, -0.05) is 12.8 Å². The van der Waals surface area contributed by atoms with E-state index in [0.29, 0.717) is 31.7 Å². The number of likely N-dealkylation sites (tertiary alicyclic amines) is 1. The molecule has 1 amide bonds. The Balaban J connectivity index is 1.75. The molecular formula is C15H26N2O2. The van der Waals surface area contributed by atoms with Crippen molar-refractivity contribution in [1.29, 1.82) is 0 Å². The van der Waals surface area contributed by atoms with Crippen LogP contribution in [0.2, 0.25) is 0 Å².